The van der Waals surface area contributed by atoms with Gasteiger partial charge in [0.25, 0.3) is 0 Å². The Balaban J connectivity index is 3.54. The molecule has 0 spiro atoms. The first-order chi connectivity index (χ1) is 27.5. The number of aliphatic hydroxyl groups excluding tert-OH is 2. The first-order valence-corrected chi connectivity index (χ1v) is 24.2. The average molecular weight is 788 g/mol. The Morgan fingerprint density at radius 1 is 0.500 bits per heavy atom. The van der Waals surface area contributed by atoms with Gasteiger partial charge in [-0.3, -0.25) is 9.59 Å². The fraction of sp³-hybridized carbons (Fsp3) is 0.840. The molecule has 0 radical (unpaired) electrons. The van der Waals surface area contributed by atoms with Crippen LogP contribution in [0, 0.1) is 0 Å². The van der Waals surface area contributed by atoms with Gasteiger partial charge in [-0.05, 0) is 83.5 Å². The van der Waals surface area contributed by atoms with Crippen molar-refractivity contribution in [3.63, 3.8) is 0 Å². The van der Waals surface area contributed by atoms with Gasteiger partial charge in [0.15, 0.2) is 0 Å². The summed E-state index contributed by atoms with van der Waals surface area (Å²) in [5.41, 5.74) is 0. The van der Waals surface area contributed by atoms with Crippen molar-refractivity contribution >= 4 is 11.9 Å². The molecule has 0 bridgehead atoms. The van der Waals surface area contributed by atoms with E-state index in [2.05, 4.69) is 55.6 Å². The first kappa shape index (κ1) is 54.1. The molecule has 0 heterocycles. The van der Waals surface area contributed by atoms with Crippen molar-refractivity contribution in [3.8, 4) is 0 Å². The molecule has 6 nitrogen and oxygen atoms in total. The molecule has 0 saturated heterocycles. The van der Waals surface area contributed by atoms with Crippen molar-refractivity contribution < 1.29 is 24.5 Å². The average Bonchev–Trinajstić information content (AvgIpc) is 3.20. The van der Waals surface area contributed by atoms with Crippen LogP contribution < -0.4 is 5.32 Å². The molecule has 328 valence electrons. The van der Waals surface area contributed by atoms with E-state index in [-0.39, 0.29) is 18.5 Å². The molecule has 0 aliphatic rings. The Morgan fingerprint density at radius 3 is 1.41 bits per heavy atom. The van der Waals surface area contributed by atoms with Gasteiger partial charge in [-0.25, -0.2) is 0 Å². The molecule has 0 rings (SSSR count). The minimum atomic E-state index is -0.682. The third-order valence-electron chi connectivity index (χ3n) is 10.9. The molecular formula is C50H93NO5. The topological polar surface area (TPSA) is 95.9 Å². The van der Waals surface area contributed by atoms with Crippen LogP contribution in [0.4, 0.5) is 0 Å². The predicted molar refractivity (Wildman–Crippen MR) is 241 cm³/mol. The van der Waals surface area contributed by atoms with Crippen molar-refractivity contribution in [2.75, 3.05) is 13.2 Å². The summed E-state index contributed by atoms with van der Waals surface area (Å²) in [6.45, 7) is 4.83. The van der Waals surface area contributed by atoms with Crippen molar-refractivity contribution in [1.29, 1.82) is 0 Å². The van der Waals surface area contributed by atoms with Crippen LogP contribution in [-0.4, -0.2) is 47.4 Å². The third-order valence-corrected chi connectivity index (χ3v) is 10.9. The highest BCUT2D eigenvalue weighted by Gasteiger charge is 2.20. The molecule has 0 aliphatic heterocycles. The van der Waals surface area contributed by atoms with Crippen molar-refractivity contribution in [2.24, 2.45) is 0 Å². The molecule has 56 heavy (non-hydrogen) atoms. The number of esters is 1. The first-order valence-electron chi connectivity index (χ1n) is 24.2. The number of hydrogen-bond donors (Lipinski definition) is 3. The van der Waals surface area contributed by atoms with E-state index in [0.717, 1.165) is 96.3 Å². The van der Waals surface area contributed by atoms with Crippen LogP contribution in [0.1, 0.15) is 245 Å². The number of allylic oxidation sites excluding steroid dienone is 6. The van der Waals surface area contributed by atoms with E-state index in [0.29, 0.717) is 25.9 Å². The molecule has 0 aromatic rings. The fourth-order valence-corrected chi connectivity index (χ4v) is 7.13. The van der Waals surface area contributed by atoms with Gasteiger partial charge >= 0.3 is 5.97 Å². The van der Waals surface area contributed by atoms with Gasteiger partial charge in [0.2, 0.25) is 5.91 Å². The summed E-state index contributed by atoms with van der Waals surface area (Å²) >= 11 is 0. The van der Waals surface area contributed by atoms with Crippen LogP contribution in [0.25, 0.3) is 0 Å². The highest BCUT2D eigenvalue weighted by Crippen LogP contribution is 2.15. The number of hydrogen-bond acceptors (Lipinski definition) is 5. The maximum absolute atomic E-state index is 12.4. The van der Waals surface area contributed by atoms with E-state index in [1.54, 1.807) is 0 Å². The normalized spacial score (nSPS) is 13.0. The Kier molecular flexibility index (Phi) is 44.2. The maximum Gasteiger partial charge on any atom is 0.305 e. The zero-order valence-corrected chi connectivity index (χ0v) is 37.1. The number of carbonyl (C=O) groups is 2. The van der Waals surface area contributed by atoms with Crippen LogP contribution in [-0.2, 0) is 14.3 Å². The lowest BCUT2D eigenvalue weighted by atomic mass is 10.0. The van der Waals surface area contributed by atoms with Gasteiger partial charge in [-0.1, -0.05) is 185 Å². The van der Waals surface area contributed by atoms with E-state index in [1.165, 1.54) is 116 Å². The molecule has 3 N–H and O–H groups in total. The van der Waals surface area contributed by atoms with E-state index in [4.69, 9.17) is 4.74 Å². The predicted octanol–water partition coefficient (Wildman–Crippen LogP) is 14.1. The monoisotopic (exact) mass is 788 g/mol. The number of unbranched alkanes of at least 4 members (excludes halogenated alkanes) is 27. The smallest absolute Gasteiger partial charge is 0.305 e. The number of nitrogens with one attached hydrogen (secondary N) is 1. The summed E-state index contributed by atoms with van der Waals surface area (Å²) in [6, 6.07) is -0.563. The van der Waals surface area contributed by atoms with Gasteiger partial charge in [0.1, 0.15) is 0 Å². The molecule has 2 unspecified atom stereocenters. The summed E-state index contributed by atoms with van der Waals surface area (Å²) in [7, 11) is 0. The van der Waals surface area contributed by atoms with Gasteiger partial charge in [0, 0.05) is 12.8 Å². The van der Waals surface area contributed by atoms with E-state index in [9.17, 15) is 19.8 Å². The lowest BCUT2D eigenvalue weighted by Gasteiger charge is -2.22. The van der Waals surface area contributed by atoms with Crippen LogP contribution in [0.15, 0.2) is 36.5 Å². The highest BCUT2D eigenvalue weighted by molar-refractivity contribution is 5.76. The number of carbonyl (C=O) groups excluding carboxylic acids is 2. The summed E-state index contributed by atoms with van der Waals surface area (Å²) < 4.78 is 5.42. The Hall–Kier alpha value is -1.92. The Labute approximate surface area is 347 Å². The third kappa shape index (κ3) is 41.7. The SMILES string of the molecule is CCCCC/C=C\C/C=C\CCCCCCCC(=O)OCCCC/C=C\CCCCCCCC(=O)NC(CO)C(O)CCCCCCCCCCCCCCC. The van der Waals surface area contributed by atoms with Crippen molar-refractivity contribution in [1.82, 2.24) is 5.32 Å². The number of aliphatic hydroxyl groups is 2. The Bertz CT molecular complexity index is 915. The minimum Gasteiger partial charge on any atom is -0.466 e. The van der Waals surface area contributed by atoms with Gasteiger partial charge in [0.05, 0.1) is 25.4 Å². The Morgan fingerprint density at radius 2 is 0.893 bits per heavy atom. The van der Waals surface area contributed by atoms with Crippen molar-refractivity contribution in [2.45, 2.75) is 257 Å². The number of ether oxygens (including phenoxy) is 1. The second-order valence-corrected chi connectivity index (χ2v) is 16.4. The van der Waals surface area contributed by atoms with E-state index >= 15 is 0 Å². The van der Waals surface area contributed by atoms with Gasteiger partial charge in [-0.2, -0.15) is 0 Å². The van der Waals surface area contributed by atoms with Crippen LogP contribution in [0.2, 0.25) is 0 Å². The molecular weight excluding hydrogens is 695 g/mol. The summed E-state index contributed by atoms with van der Waals surface area (Å²) in [5.74, 6) is -0.112. The zero-order valence-electron chi connectivity index (χ0n) is 37.1. The molecule has 0 fully saturated rings. The van der Waals surface area contributed by atoms with Crippen LogP contribution in [0.3, 0.4) is 0 Å². The molecule has 0 aliphatic carbocycles. The molecule has 1 amide bonds. The largest absolute Gasteiger partial charge is 0.466 e. The van der Waals surface area contributed by atoms with E-state index in [1.807, 2.05) is 0 Å². The minimum absolute atomic E-state index is 0.0459. The summed E-state index contributed by atoms with van der Waals surface area (Å²) in [4.78, 5) is 24.4. The molecule has 0 saturated carbocycles. The highest BCUT2D eigenvalue weighted by atomic mass is 16.5. The van der Waals surface area contributed by atoms with E-state index < -0.39 is 12.1 Å². The van der Waals surface area contributed by atoms with Crippen LogP contribution >= 0.6 is 0 Å². The lowest BCUT2D eigenvalue weighted by Crippen LogP contribution is -2.45. The summed E-state index contributed by atoms with van der Waals surface area (Å²) in [6.07, 6.45) is 53.9. The van der Waals surface area contributed by atoms with Crippen LogP contribution in [0.5, 0.6) is 0 Å². The lowest BCUT2D eigenvalue weighted by molar-refractivity contribution is -0.143. The van der Waals surface area contributed by atoms with Gasteiger partial charge < -0.3 is 20.3 Å². The quantitative estimate of drug-likeness (QED) is 0.0325. The number of amides is 1. The standard InChI is InChI=1S/C50H93NO5/c1-3-5-7-9-11-13-15-17-18-20-24-28-32-36-40-44-50(55)56-45-41-37-33-29-25-21-23-27-31-35-39-43-49(54)51-47(46-52)48(53)42-38-34-30-26-22-19-16-14-12-10-8-6-4-2/h11,13,17-18,25,29,47-48,52-53H,3-10,12,14-16,19-24,26-28,30-46H2,1-2H3,(H,51,54)/b13-11-,18-17-,29-25-. The van der Waals surface area contributed by atoms with Gasteiger partial charge in [-0.15, -0.1) is 0 Å². The second-order valence-electron chi connectivity index (χ2n) is 16.4. The maximum atomic E-state index is 12.4. The fourth-order valence-electron chi connectivity index (χ4n) is 7.13. The second kappa shape index (κ2) is 45.8. The summed E-state index contributed by atoms with van der Waals surface area (Å²) in [5, 5.41) is 23.1. The molecule has 2 atom stereocenters. The molecule has 0 aromatic heterocycles. The molecule has 0 aromatic carbocycles. The molecule has 6 heteroatoms. The number of rotatable bonds is 44. The zero-order chi connectivity index (χ0) is 40.8. The van der Waals surface area contributed by atoms with Crippen molar-refractivity contribution in [3.05, 3.63) is 36.5 Å².